The summed E-state index contributed by atoms with van der Waals surface area (Å²) in [6, 6.07) is 31.6. The van der Waals surface area contributed by atoms with Crippen molar-refractivity contribution < 1.29 is 15.4 Å². The SMILES string of the molecule is [2H]c1c([2H])c([2H])c2c(-c3cc(-c4ccccc4)c4oc5ccc6ccccc6c5c4c3)c3c([2H])c([2H])c([2H])c([2H])c3c(-c3ccccc3)c2c1[2H]. The lowest BCUT2D eigenvalue weighted by atomic mass is 9.85. The first-order valence-electron chi connectivity index (χ1n) is 18.1. The number of furan rings is 1. The van der Waals surface area contributed by atoms with E-state index in [0.717, 1.165) is 32.7 Å². The van der Waals surface area contributed by atoms with Crippen molar-refractivity contribution in [3.63, 3.8) is 0 Å². The van der Waals surface area contributed by atoms with Crippen molar-refractivity contribution >= 4 is 54.3 Å². The Bertz CT molecular complexity index is 2850. The molecule has 0 aliphatic carbocycles. The molecule has 1 heteroatoms. The van der Waals surface area contributed by atoms with Gasteiger partial charge in [0.15, 0.2) is 0 Å². The zero-order valence-corrected chi connectivity index (χ0v) is 22.8. The number of benzene rings is 8. The van der Waals surface area contributed by atoms with Gasteiger partial charge < -0.3 is 4.42 Å². The molecule has 9 rings (SSSR count). The molecule has 0 N–H and O–H groups in total. The number of rotatable bonds is 3. The summed E-state index contributed by atoms with van der Waals surface area (Å²) in [6.45, 7) is 0. The van der Waals surface area contributed by atoms with Crippen LogP contribution in [0, 0.1) is 0 Å². The second-order valence-electron chi connectivity index (χ2n) is 10.6. The first-order valence-corrected chi connectivity index (χ1v) is 14.1. The van der Waals surface area contributed by atoms with Crippen LogP contribution in [-0.4, -0.2) is 0 Å². The van der Waals surface area contributed by atoms with Gasteiger partial charge in [0.2, 0.25) is 0 Å². The minimum absolute atomic E-state index is 0.174. The average Bonchev–Trinajstić information content (AvgIpc) is 3.56. The van der Waals surface area contributed by atoms with Gasteiger partial charge in [0, 0.05) is 16.3 Å². The Kier molecular flexibility index (Phi) is 3.80. The van der Waals surface area contributed by atoms with Crippen molar-refractivity contribution in [2.45, 2.75) is 0 Å². The summed E-state index contributed by atoms with van der Waals surface area (Å²) in [5, 5.41) is 4.36. The van der Waals surface area contributed by atoms with E-state index >= 15 is 0 Å². The summed E-state index contributed by atoms with van der Waals surface area (Å²) >= 11 is 0. The molecule has 0 spiro atoms. The Morgan fingerprint density at radius 2 is 1.00 bits per heavy atom. The topological polar surface area (TPSA) is 13.1 Å². The van der Waals surface area contributed by atoms with Gasteiger partial charge in [-0.15, -0.1) is 0 Å². The monoisotopic (exact) mass is 554 g/mol. The largest absolute Gasteiger partial charge is 0.455 e. The molecule has 0 atom stereocenters. The minimum Gasteiger partial charge on any atom is -0.455 e. The van der Waals surface area contributed by atoms with Crippen molar-refractivity contribution in [1.82, 2.24) is 0 Å². The van der Waals surface area contributed by atoms with Crippen molar-refractivity contribution in [3.8, 4) is 33.4 Å². The van der Waals surface area contributed by atoms with Gasteiger partial charge in [-0.1, -0.05) is 139 Å². The van der Waals surface area contributed by atoms with E-state index in [1.807, 2.05) is 84.9 Å². The van der Waals surface area contributed by atoms with Gasteiger partial charge in [-0.3, -0.25) is 0 Å². The molecule has 1 aromatic heterocycles. The molecule has 0 saturated heterocycles. The maximum absolute atomic E-state index is 9.36. The average molecular weight is 555 g/mol. The molecule has 0 saturated carbocycles. The lowest BCUT2D eigenvalue weighted by Crippen LogP contribution is -1.91. The number of hydrogen-bond donors (Lipinski definition) is 0. The van der Waals surface area contributed by atoms with Crippen LogP contribution in [0.1, 0.15) is 11.0 Å². The highest BCUT2D eigenvalue weighted by atomic mass is 16.3. The predicted octanol–water partition coefficient (Wildman–Crippen LogP) is 12.0. The van der Waals surface area contributed by atoms with E-state index < -0.39 is 24.2 Å². The summed E-state index contributed by atoms with van der Waals surface area (Å²) in [5.74, 6) is 0. The van der Waals surface area contributed by atoms with E-state index in [-0.39, 0.29) is 45.7 Å². The lowest BCUT2D eigenvalue weighted by Gasteiger charge is -2.18. The first-order chi connectivity index (χ1) is 24.7. The maximum Gasteiger partial charge on any atom is 0.143 e. The molecule has 0 aliphatic rings. The molecule has 0 radical (unpaired) electrons. The molecule has 8 aromatic carbocycles. The molecule has 0 bridgehead atoms. The highest BCUT2D eigenvalue weighted by Crippen LogP contribution is 2.47. The molecule has 43 heavy (non-hydrogen) atoms. The van der Waals surface area contributed by atoms with Crippen molar-refractivity contribution in [2.24, 2.45) is 0 Å². The molecule has 0 unspecified atom stereocenters. The van der Waals surface area contributed by atoms with Gasteiger partial charge in [-0.2, -0.15) is 0 Å². The van der Waals surface area contributed by atoms with Crippen LogP contribution in [0.25, 0.3) is 87.6 Å². The van der Waals surface area contributed by atoms with Gasteiger partial charge in [-0.05, 0) is 78.3 Å². The standard InChI is InChI=1S/C42H26O/c1-3-13-27(14-4-1)36-25-30(26-37-41-31-18-8-7-15-28(31)23-24-38(41)43-42(36)37)40-34-21-11-9-19-32(34)39(29-16-5-2-6-17-29)33-20-10-12-22-35(33)40/h1-26H/i9D,10D,11D,12D,19D,20D,21D,22D. The van der Waals surface area contributed by atoms with E-state index in [2.05, 4.69) is 0 Å². The third-order valence-corrected chi connectivity index (χ3v) is 8.27. The quantitative estimate of drug-likeness (QED) is 0.198. The van der Waals surface area contributed by atoms with E-state index in [9.17, 15) is 5.48 Å². The fraction of sp³-hybridized carbons (Fsp3) is 0. The van der Waals surface area contributed by atoms with Crippen LogP contribution in [0.2, 0.25) is 0 Å². The fourth-order valence-corrected chi connectivity index (χ4v) is 6.43. The van der Waals surface area contributed by atoms with Crippen molar-refractivity contribution in [3.05, 3.63) is 158 Å². The summed E-state index contributed by atoms with van der Waals surface area (Å²) in [4.78, 5) is 0. The first kappa shape index (κ1) is 17.3. The summed E-state index contributed by atoms with van der Waals surface area (Å²) in [7, 11) is 0. The third-order valence-electron chi connectivity index (χ3n) is 8.27. The van der Waals surface area contributed by atoms with E-state index in [4.69, 9.17) is 9.90 Å². The third kappa shape index (κ3) is 3.65. The van der Waals surface area contributed by atoms with E-state index in [1.165, 1.54) is 0 Å². The molecule has 0 aliphatic heterocycles. The van der Waals surface area contributed by atoms with Crippen LogP contribution in [-0.2, 0) is 0 Å². The summed E-state index contributed by atoms with van der Waals surface area (Å²) < 4.78 is 78.9. The molecule has 0 amide bonds. The van der Waals surface area contributed by atoms with Crippen LogP contribution in [0.5, 0.6) is 0 Å². The van der Waals surface area contributed by atoms with Gasteiger partial charge in [0.05, 0.1) is 11.0 Å². The number of fused-ring (bicyclic) bond motifs is 7. The molecular formula is C42H26O. The molecule has 9 aromatic rings. The Balaban J connectivity index is 1.59. The molecule has 200 valence electrons. The molecule has 0 fully saturated rings. The van der Waals surface area contributed by atoms with Crippen molar-refractivity contribution in [1.29, 1.82) is 0 Å². The van der Waals surface area contributed by atoms with Crippen LogP contribution in [0.15, 0.2) is 162 Å². The Morgan fingerprint density at radius 3 is 1.65 bits per heavy atom. The van der Waals surface area contributed by atoms with Crippen molar-refractivity contribution in [2.75, 3.05) is 0 Å². The second kappa shape index (κ2) is 9.44. The zero-order valence-electron chi connectivity index (χ0n) is 30.8. The van der Waals surface area contributed by atoms with Gasteiger partial charge in [0.1, 0.15) is 11.2 Å². The molecule has 1 heterocycles. The van der Waals surface area contributed by atoms with Crippen LogP contribution >= 0.6 is 0 Å². The number of hydrogen-bond acceptors (Lipinski definition) is 1. The minimum atomic E-state index is -0.433. The van der Waals surface area contributed by atoms with Gasteiger partial charge in [0.25, 0.3) is 0 Å². The predicted molar refractivity (Wildman–Crippen MR) is 183 cm³/mol. The molecular weight excluding hydrogens is 520 g/mol. The Hall–Kier alpha value is -5.66. The summed E-state index contributed by atoms with van der Waals surface area (Å²) in [6.07, 6.45) is 0. The highest BCUT2D eigenvalue weighted by Gasteiger charge is 2.21. The van der Waals surface area contributed by atoms with Gasteiger partial charge in [-0.25, -0.2) is 0 Å². The van der Waals surface area contributed by atoms with Gasteiger partial charge >= 0.3 is 0 Å². The van der Waals surface area contributed by atoms with E-state index in [0.29, 0.717) is 33.4 Å². The summed E-state index contributed by atoms with van der Waals surface area (Å²) in [5.41, 5.74) is 4.62. The second-order valence-corrected chi connectivity index (χ2v) is 10.6. The van der Waals surface area contributed by atoms with Crippen LogP contribution in [0.4, 0.5) is 0 Å². The normalized spacial score (nSPS) is 14.3. The lowest BCUT2D eigenvalue weighted by molar-refractivity contribution is 0.670. The zero-order chi connectivity index (χ0) is 35.3. The Morgan fingerprint density at radius 1 is 0.442 bits per heavy atom. The van der Waals surface area contributed by atoms with Crippen LogP contribution in [0.3, 0.4) is 0 Å². The van der Waals surface area contributed by atoms with E-state index in [1.54, 1.807) is 24.3 Å². The highest BCUT2D eigenvalue weighted by molar-refractivity contribution is 6.25. The fourth-order valence-electron chi connectivity index (χ4n) is 6.43. The Labute approximate surface area is 260 Å². The van der Waals surface area contributed by atoms with Crippen LogP contribution < -0.4 is 0 Å². The smallest absolute Gasteiger partial charge is 0.143 e. The molecule has 1 nitrogen and oxygen atoms in total. The maximum atomic E-state index is 9.36.